The maximum atomic E-state index is 11.7. The van der Waals surface area contributed by atoms with E-state index < -0.39 is 6.10 Å². The maximum Gasteiger partial charge on any atom is 0.314 e. The summed E-state index contributed by atoms with van der Waals surface area (Å²) in [5, 5.41) is 16.2. The fourth-order valence-electron chi connectivity index (χ4n) is 2.39. The van der Waals surface area contributed by atoms with E-state index in [1.54, 1.807) is 7.11 Å². The van der Waals surface area contributed by atoms with E-state index in [2.05, 4.69) is 15.6 Å². The lowest BCUT2D eigenvalue weighted by molar-refractivity contribution is 0.125. The van der Waals surface area contributed by atoms with Crippen molar-refractivity contribution in [1.82, 2.24) is 15.6 Å². The van der Waals surface area contributed by atoms with Crippen LogP contribution in [0.15, 0.2) is 24.4 Å². The molecule has 0 aliphatic carbocycles. The van der Waals surface area contributed by atoms with Crippen molar-refractivity contribution in [3.05, 3.63) is 30.0 Å². The average molecular weight is 319 g/mol. The number of aromatic amines is 1. The summed E-state index contributed by atoms with van der Waals surface area (Å²) in [5.41, 5.74) is 2.11. The van der Waals surface area contributed by atoms with Crippen molar-refractivity contribution in [3.63, 3.8) is 0 Å². The first-order valence-electron chi connectivity index (χ1n) is 7.85. The number of carbonyl (C=O) groups excluding carboxylic acids is 1. The number of amides is 2. The van der Waals surface area contributed by atoms with Crippen LogP contribution in [0.5, 0.6) is 5.75 Å². The number of fused-ring (bicyclic) bond motifs is 1. The Kier molecular flexibility index (Phi) is 5.87. The van der Waals surface area contributed by atoms with Crippen LogP contribution < -0.4 is 15.4 Å². The number of aliphatic hydroxyl groups excluding tert-OH is 1. The number of methoxy groups -OCH3 is 1. The van der Waals surface area contributed by atoms with Gasteiger partial charge in [-0.15, -0.1) is 0 Å². The van der Waals surface area contributed by atoms with Gasteiger partial charge >= 0.3 is 6.03 Å². The van der Waals surface area contributed by atoms with E-state index in [4.69, 9.17) is 4.74 Å². The van der Waals surface area contributed by atoms with Crippen molar-refractivity contribution in [1.29, 1.82) is 0 Å². The Morgan fingerprint density at radius 3 is 2.83 bits per heavy atom. The fourth-order valence-corrected chi connectivity index (χ4v) is 2.39. The summed E-state index contributed by atoms with van der Waals surface area (Å²) < 4.78 is 5.39. The van der Waals surface area contributed by atoms with Crippen LogP contribution in [-0.2, 0) is 6.42 Å². The van der Waals surface area contributed by atoms with E-state index >= 15 is 0 Å². The summed E-state index contributed by atoms with van der Waals surface area (Å²) in [5.74, 6) is 0.942. The molecule has 1 aromatic carbocycles. The van der Waals surface area contributed by atoms with Gasteiger partial charge in [-0.2, -0.15) is 0 Å². The molecule has 1 heterocycles. The molecule has 1 atom stereocenters. The van der Waals surface area contributed by atoms with Crippen LogP contribution in [0.4, 0.5) is 4.79 Å². The number of aliphatic hydroxyl groups is 1. The van der Waals surface area contributed by atoms with Gasteiger partial charge in [-0.25, -0.2) is 4.79 Å². The third kappa shape index (κ3) is 4.39. The Morgan fingerprint density at radius 1 is 1.35 bits per heavy atom. The van der Waals surface area contributed by atoms with Crippen LogP contribution in [-0.4, -0.2) is 42.4 Å². The molecule has 2 rings (SSSR count). The smallest absolute Gasteiger partial charge is 0.314 e. The van der Waals surface area contributed by atoms with Gasteiger partial charge in [0.15, 0.2) is 0 Å². The number of H-pyrrole nitrogens is 1. The monoisotopic (exact) mass is 319 g/mol. The number of hydrogen-bond donors (Lipinski definition) is 4. The third-order valence-electron chi connectivity index (χ3n) is 3.89. The zero-order valence-electron chi connectivity index (χ0n) is 13.8. The zero-order valence-corrected chi connectivity index (χ0v) is 13.8. The Bertz CT molecular complexity index is 652. The largest absolute Gasteiger partial charge is 0.496 e. The predicted molar refractivity (Wildman–Crippen MR) is 90.8 cm³/mol. The molecule has 126 valence electrons. The normalized spacial score (nSPS) is 12.4. The summed E-state index contributed by atoms with van der Waals surface area (Å²) in [4.78, 5) is 14.9. The molecular weight excluding hydrogens is 294 g/mol. The van der Waals surface area contributed by atoms with Crippen molar-refractivity contribution in [2.45, 2.75) is 26.4 Å². The lowest BCUT2D eigenvalue weighted by Crippen LogP contribution is -2.41. The molecule has 0 saturated heterocycles. The second kappa shape index (κ2) is 7.87. The van der Waals surface area contributed by atoms with Crippen LogP contribution in [0.2, 0.25) is 0 Å². The van der Waals surface area contributed by atoms with Crippen LogP contribution in [0.25, 0.3) is 10.9 Å². The molecular formula is C17H25N3O3. The summed E-state index contributed by atoms with van der Waals surface area (Å²) in [6, 6.07) is 5.59. The first-order valence-corrected chi connectivity index (χ1v) is 7.85. The van der Waals surface area contributed by atoms with E-state index in [9.17, 15) is 9.90 Å². The maximum absolute atomic E-state index is 11.7. The number of carbonyl (C=O) groups is 1. The fraction of sp³-hybridized carbons (Fsp3) is 0.471. The molecule has 0 aliphatic heterocycles. The van der Waals surface area contributed by atoms with Crippen molar-refractivity contribution >= 4 is 16.9 Å². The van der Waals surface area contributed by atoms with Crippen molar-refractivity contribution in [2.75, 3.05) is 20.2 Å². The lowest BCUT2D eigenvalue weighted by atomic mass is 10.1. The van der Waals surface area contributed by atoms with Gasteiger partial charge in [0, 0.05) is 30.2 Å². The Balaban J connectivity index is 1.86. The molecule has 0 fully saturated rings. The molecule has 2 aromatic rings. The highest BCUT2D eigenvalue weighted by atomic mass is 16.5. The Morgan fingerprint density at radius 2 is 2.13 bits per heavy atom. The number of rotatable bonds is 7. The van der Waals surface area contributed by atoms with Gasteiger partial charge in [0.2, 0.25) is 0 Å². The summed E-state index contributed by atoms with van der Waals surface area (Å²) >= 11 is 0. The minimum Gasteiger partial charge on any atom is -0.496 e. The summed E-state index contributed by atoms with van der Waals surface area (Å²) in [7, 11) is 1.65. The third-order valence-corrected chi connectivity index (χ3v) is 3.89. The van der Waals surface area contributed by atoms with Crippen molar-refractivity contribution in [2.24, 2.45) is 5.92 Å². The number of nitrogens with one attached hydrogen (secondary N) is 3. The average Bonchev–Trinajstić information content (AvgIpc) is 2.95. The van der Waals surface area contributed by atoms with E-state index in [1.165, 1.54) is 0 Å². The molecule has 1 unspecified atom stereocenters. The Hall–Kier alpha value is -2.21. The van der Waals surface area contributed by atoms with Gasteiger partial charge in [-0.3, -0.25) is 0 Å². The second-order valence-corrected chi connectivity index (χ2v) is 5.89. The molecule has 4 N–H and O–H groups in total. The molecule has 0 bridgehead atoms. The van der Waals surface area contributed by atoms with Gasteiger partial charge in [-0.1, -0.05) is 19.9 Å². The molecule has 0 radical (unpaired) electrons. The predicted octanol–water partition coefficient (Wildman–Crippen LogP) is 2.04. The number of urea groups is 1. The quantitative estimate of drug-likeness (QED) is 0.630. The standard InChI is InChI=1S/C17H25N3O3/c1-11(2)14(21)10-20-17(22)18-8-7-12-9-19-13-5-4-6-15(23-3)16(12)13/h4-6,9,11,14,19,21H,7-8,10H2,1-3H3,(H2,18,20,22). The number of ether oxygens (including phenoxy) is 1. The van der Waals surface area contributed by atoms with Crippen LogP contribution in [0.3, 0.4) is 0 Å². The van der Waals surface area contributed by atoms with Gasteiger partial charge in [0.25, 0.3) is 0 Å². The van der Waals surface area contributed by atoms with Gasteiger partial charge in [0.1, 0.15) is 5.75 Å². The molecule has 0 aliphatic rings. The molecule has 23 heavy (non-hydrogen) atoms. The number of aromatic nitrogens is 1. The molecule has 2 amide bonds. The summed E-state index contributed by atoms with van der Waals surface area (Å²) in [6.45, 7) is 4.59. The molecule has 0 saturated carbocycles. The molecule has 1 aromatic heterocycles. The minimum absolute atomic E-state index is 0.119. The molecule has 6 nitrogen and oxygen atoms in total. The highest BCUT2D eigenvalue weighted by molar-refractivity contribution is 5.89. The highest BCUT2D eigenvalue weighted by Crippen LogP contribution is 2.28. The first kappa shape index (κ1) is 17.1. The van der Waals surface area contributed by atoms with E-state index in [1.807, 2.05) is 38.2 Å². The van der Waals surface area contributed by atoms with Crippen molar-refractivity contribution < 1.29 is 14.6 Å². The topological polar surface area (TPSA) is 86.4 Å². The lowest BCUT2D eigenvalue weighted by Gasteiger charge is -2.15. The second-order valence-electron chi connectivity index (χ2n) is 5.89. The highest BCUT2D eigenvalue weighted by Gasteiger charge is 2.11. The van der Waals surface area contributed by atoms with Gasteiger partial charge in [-0.05, 0) is 30.0 Å². The van der Waals surface area contributed by atoms with Crippen molar-refractivity contribution in [3.8, 4) is 5.75 Å². The van der Waals surface area contributed by atoms with Gasteiger partial charge < -0.3 is 25.5 Å². The first-order chi connectivity index (χ1) is 11.0. The molecule has 0 spiro atoms. The van der Waals surface area contributed by atoms with Crippen LogP contribution >= 0.6 is 0 Å². The zero-order chi connectivity index (χ0) is 16.8. The van der Waals surface area contributed by atoms with E-state index in [0.717, 1.165) is 22.2 Å². The molecule has 6 heteroatoms. The minimum atomic E-state index is -0.529. The van der Waals surface area contributed by atoms with E-state index in [-0.39, 0.29) is 18.5 Å². The SMILES string of the molecule is COc1cccc2[nH]cc(CCNC(=O)NCC(O)C(C)C)c12. The van der Waals surface area contributed by atoms with Crippen LogP contribution in [0, 0.1) is 5.92 Å². The Labute approximate surface area is 136 Å². The summed E-state index contributed by atoms with van der Waals surface area (Å²) in [6.07, 6.45) is 2.11. The van der Waals surface area contributed by atoms with Gasteiger partial charge in [0.05, 0.1) is 13.2 Å². The van der Waals surface area contributed by atoms with E-state index in [0.29, 0.717) is 13.0 Å². The number of benzene rings is 1. The number of hydrogen-bond acceptors (Lipinski definition) is 3. The van der Waals surface area contributed by atoms with Crippen LogP contribution in [0.1, 0.15) is 19.4 Å².